The summed E-state index contributed by atoms with van der Waals surface area (Å²) in [6.45, 7) is 0. The molecule has 0 saturated carbocycles. The van der Waals surface area contributed by atoms with Crippen molar-refractivity contribution in [2.75, 3.05) is 0 Å². The number of hydrogen-bond donors (Lipinski definition) is 0. The molecule has 1 aromatic heterocycles. The summed E-state index contributed by atoms with van der Waals surface area (Å²) in [5.74, 6) is 1.71. The van der Waals surface area contributed by atoms with E-state index < -0.39 is 0 Å². The van der Waals surface area contributed by atoms with Crippen molar-refractivity contribution in [2.45, 2.75) is 6.42 Å². The molecular formula is C10H9NO. The maximum absolute atomic E-state index is 9.79. The molecule has 0 bridgehead atoms. The lowest BCUT2D eigenvalue weighted by atomic mass is 10.2. The predicted octanol–water partition coefficient (Wildman–Crippen LogP) is 1.87. The molecule has 1 aromatic rings. The fourth-order valence-corrected chi connectivity index (χ4v) is 0.795. The SMILES string of the molecule is O=C=CCC=Cc1cccnc1. The molecule has 0 aromatic carbocycles. The average Bonchev–Trinajstić information content (AvgIpc) is 2.14. The predicted molar refractivity (Wildman–Crippen MR) is 48.2 cm³/mol. The Morgan fingerprint density at radius 1 is 1.58 bits per heavy atom. The summed E-state index contributed by atoms with van der Waals surface area (Å²) in [6, 6.07) is 3.82. The van der Waals surface area contributed by atoms with E-state index in [1.165, 1.54) is 6.08 Å². The molecule has 0 aliphatic carbocycles. The largest absolute Gasteiger partial charge is 0.264 e. The van der Waals surface area contributed by atoms with Crippen LogP contribution in [0.5, 0.6) is 0 Å². The Kier molecular flexibility index (Phi) is 3.55. The van der Waals surface area contributed by atoms with E-state index in [2.05, 4.69) is 4.98 Å². The van der Waals surface area contributed by atoms with Gasteiger partial charge in [0, 0.05) is 18.5 Å². The van der Waals surface area contributed by atoms with Crippen LogP contribution in [0.25, 0.3) is 6.08 Å². The summed E-state index contributed by atoms with van der Waals surface area (Å²) in [5, 5.41) is 0. The van der Waals surface area contributed by atoms with Gasteiger partial charge in [0.2, 0.25) is 0 Å². The van der Waals surface area contributed by atoms with Crippen LogP contribution < -0.4 is 0 Å². The van der Waals surface area contributed by atoms with Gasteiger partial charge >= 0.3 is 0 Å². The summed E-state index contributed by atoms with van der Waals surface area (Å²) in [7, 11) is 0. The van der Waals surface area contributed by atoms with Crippen molar-refractivity contribution in [3.8, 4) is 0 Å². The molecule has 0 amide bonds. The van der Waals surface area contributed by atoms with Gasteiger partial charge in [-0.05, 0) is 18.1 Å². The van der Waals surface area contributed by atoms with E-state index in [1.54, 1.807) is 18.3 Å². The Bertz CT molecular complexity index is 297. The number of carbonyl (C=O) groups excluding carboxylic acids is 1. The monoisotopic (exact) mass is 159 g/mol. The first kappa shape index (κ1) is 8.44. The van der Waals surface area contributed by atoms with E-state index in [-0.39, 0.29) is 0 Å². The van der Waals surface area contributed by atoms with Gasteiger partial charge in [-0.15, -0.1) is 0 Å². The van der Waals surface area contributed by atoms with E-state index >= 15 is 0 Å². The molecule has 0 aliphatic heterocycles. The summed E-state index contributed by atoms with van der Waals surface area (Å²) in [4.78, 5) is 13.7. The smallest absolute Gasteiger partial charge is 0.120 e. The molecule has 60 valence electrons. The van der Waals surface area contributed by atoms with E-state index in [0.29, 0.717) is 6.42 Å². The van der Waals surface area contributed by atoms with E-state index in [0.717, 1.165) is 5.56 Å². The second-order valence-electron chi connectivity index (χ2n) is 2.25. The lowest BCUT2D eigenvalue weighted by Crippen LogP contribution is -1.72. The number of aromatic nitrogens is 1. The van der Waals surface area contributed by atoms with Gasteiger partial charge in [-0.25, -0.2) is 4.79 Å². The molecule has 0 atom stereocenters. The number of nitrogens with zero attached hydrogens (tertiary/aromatic N) is 1. The van der Waals surface area contributed by atoms with Crippen LogP contribution in [0.2, 0.25) is 0 Å². The van der Waals surface area contributed by atoms with Crippen molar-refractivity contribution in [2.24, 2.45) is 0 Å². The van der Waals surface area contributed by atoms with E-state index in [4.69, 9.17) is 0 Å². The minimum Gasteiger partial charge on any atom is -0.264 e. The van der Waals surface area contributed by atoms with Gasteiger partial charge in [0.25, 0.3) is 0 Å². The van der Waals surface area contributed by atoms with Crippen molar-refractivity contribution in [1.29, 1.82) is 0 Å². The molecule has 2 nitrogen and oxygen atoms in total. The standard InChI is InChI=1S/C10H9NO/c12-8-3-1-2-5-10-6-4-7-11-9-10/h2-7,9H,1H2. The molecule has 1 rings (SSSR count). The van der Waals surface area contributed by atoms with Crippen molar-refractivity contribution in [3.63, 3.8) is 0 Å². The Morgan fingerprint density at radius 2 is 2.50 bits per heavy atom. The Labute approximate surface area is 71.3 Å². The second kappa shape index (κ2) is 5.05. The summed E-state index contributed by atoms with van der Waals surface area (Å²) in [5.41, 5.74) is 1.04. The highest BCUT2D eigenvalue weighted by Crippen LogP contribution is 1.99. The van der Waals surface area contributed by atoms with Gasteiger partial charge in [0.1, 0.15) is 5.94 Å². The molecule has 0 fully saturated rings. The molecule has 0 N–H and O–H groups in total. The highest BCUT2D eigenvalue weighted by molar-refractivity contribution is 5.50. The second-order valence-corrected chi connectivity index (χ2v) is 2.25. The zero-order valence-corrected chi connectivity index (χ0v) is 6.60. The van der Waals surface area contributed by atoms with Gasteiger partial charge in [-0.1, -0.05) is 18.2 Å². The molecule has 2 heteroatoms. The van der Waals surface area contributed by atoms with Crippen molar-refractivity contribution >= 4 is 12.0 Å². The molecule has 0 radical (unpaired) electrons. The number of hydrogen-bond acceptors (Lipinski definition) is 2. The number of rotatable bonds is 3. The maximum Gasteiger partial charge on any atom is 0.120 e. The van der Waals surface area contributed by atoms with Crippen LogP contribution in [0.1, 0.15) is 12.0 Å². The lowest BCUT2D eigenvalue weighted by Gasteiger charge is -1.87. The van der Waals surface area contributed by atoms with Crippen LogP contribution >= 0.6 is 0 Å². The third kappa shape index (κ3) is 2.95. The normalized spacial score (nSPS) is 9.67. The van der Waals surface area contributed by atoms with Crippen LogP contribution in [0.4, 0.5) is 0 Å². The van der Waals surface area contributed by atoms with Crippen LogP contribution in [0.15, 0.2) is 36.7 Å². The molecule has 1 heterocycles. The van der Waals surface area contributed by atoms with Gasteiger partial charge in [-0.3, -0.25) is 4.98 Å². The Morgan fingerprint density at radius 3 is 3.17 bits per heavy atom. The third-order valence-electron chi connectivity index (χ3n) is 1.33. The molecular weight excluding hydrogens is 150 g/mol. The summed E-state index contributed by atoms with van der Waals surface area (Å²) < 4.78 is 0. The van der Waals surface area contributed by atoms with Crippen molar-refractivity contribution in [3.05, 3.63) is 42.2 Å². The van der Waals surface area contributed by atoms with Crippen LogP contribution in [0, 0.1) is 0 Å². The highest BCUT2D eigenvalue weighted by Gasteiger charge is 1.81. The molecule has 0 saturated heterocycles. The highest BCUT2D eigenvalue weighted by atomic mass is 16.1. The van der Waals surface area contributed by atoms with Crippen LogP contribution in [0.3, 0.4) is 0 Å². The van der Waals surface area contributed by atoms with Crippen molar-refractivity contribution in [1.82, 2.24) is 4.98 Å². The first-order valence-electron chi connectivity index (χ1n) is 3.69. The fraction of sp³-hybridized carbons (Fsp3) is 0.100. The third-order valence-corrected chi connectivity index (χ3v) is 1.33. The van der Waals surface area contributed by atoms with Gasteiger partial charge in [0.15, 0.2) is 0 Å². The summed E-state index contributed by atoms with van der Waals surface area (Å²) >= 11 is 0. The zero-order valence-electron chi connectivity index (χ0n) is 6.60. The fourth-order valence-electron chi connectivity index (χ4n) is 0.795. The summed E-state index contributed by atoms with van der Waals surface area (Å²) in [6.07, 6.45) is 9.36. The topological polar surface area (TPSA) is 30.0 Å². The van der Waals surface area contributed by atoms with E-state index in [9.17, 15) is 4.79 Å². The van der Waals surface area contributed by atoms with Crippen LogP contribution in [-0.4, -0.2) is 10.9 Å². The molecule has 0 aliphatic rings. The maximum atomic E-state index is 9.79. The minimum atomic E-state index is 0.623. The van der Waals surface area contributed by atoms with Gasteiger partial charge in [-0.2, -0.15) is 0 Å². The van der Waals surface area contributed by atoms with Crippen LogP contribution in [-0.2, 0) is 4.79 Å². The molecule has 12 heavy (non-hydrogen) atoms. The quantitative estimate of drug-likeness (QED) is 0.630. The molecule has 0 spiro atoms. The minimum absolute atomic E-state index is 0.623. The van der Waals surface area contributed by atoms with E-state index in [1.807, 2.05) is 24.3 Å². The van der Waals surface area contributed by atoms with Gasteiger partial charge in [0.05, 0.1) is 0 Å². The zero-order chi connectivity index (χ0) is 8.65. The Balaban J connectivity index is 2.52. The van der Waals surface area contributed by atoms with Crippen molar-refractivity contribution < 1.29 is 4.79 Å². The molecule has 0 unspecified atom stereocenters. The number of allylic oxidation sites excluding steroid dienone is 2. The average molecular weight is 159 g/mol. The Hall–Kier alpha value is -1.66. The first-order chi connectivity index (χ1) is 5.93. The van der Waals surface area contributed by atoms with Gasteiger partial charge < -0.3 is 0 Å². The lowest BCUT2D eigenvalue weighted by molar-refractivity contribution is 0.568. The first-order valence-corrected chi connectivity index (χ1v) is 3.69. The number of pyridine rings is 1.